The highest BCUT2D eigenvalue weighted by molar-refractivity contribution is 7.08. The number of rotatable bonds is 7. The molecule has 1 N–H and O–H groups in total. The average Bonchev–Trinajstić information content (AvgIpc) is 3.41. The van der Waals surface area contributed by atoms with Crippen molar-refractivity contribution in [2.45, 2.75) is 50.6 Å². The minimum atomic E-state index is -0.755. The van der Waals surface area contributed by atoms with Crippen molar-refractivity contribution < 1.29 is 9.59 Å². The lowest BCUT2D eigenvalue weighted by Gasteiger charge is -2.34. The number of carbonyl (C=O) groups excluding carboxylic acids is 2. The number of benzene rings is 3. The van der Waals surface area contributed by atoms with Gasteiger partial charge in [0, 0.05) is 11.4 Å². The molecule has 1 aliphatic rings. The van der Waals surface area contributed by atoms with E-state index >= 15 is 0 Å². The van der Waals surface area contributed by atoms with Gasteiger partial charge in [-0.25, -0.2) is 0 Å². The highest BCUT2D eigenvalue weighted by Gasteiger charge is 2.34. The molecule has 3 aromatic carbocycles. The molecule has 2 amide bonds. The van der Waals surface area contributed by atoms with Crippen LogP contribution in [0.15, 0.2) is 89.6 Å². The first kappa shape index (κ1) is 23.3. The van der Waals surface area contributed by atoms with Gasteiger partial charge in [0.25, 0.3) is 0 Å². The topological polar surface area (TPSA) is 49.4 Å². The van der Waals surface area contributed by atoms with Gasteiger partial charge < -0.3 is 5.32 Å². The van der Waals surface area contributed by atoms with Crippen molar-refractivity contribution in [1.82, 2.24) is 5.32 Å². The lowest BCUT2D eigenvalue weighted by atomic mass is 9.94. The highest BCUT2D eigenvalue weighted by atomic mass is 32.1. The van der Waals surface area contributed by atoms with E-state index in [0.717, 1.165) is 53.3 Å². The minimum Gasteiger partial charge on any atom is -0.351 e. The van der Waals surface area contributed by atoms with E-state index in [1.165, 1.54) is 6.42 Å². The molecule has 1 saturated carbocycles. The van der Waals surface area contributed by atoms with Crippen LogP contribution in [-0.4, -0.2) is 17.9 Å². The molecule has 178 valence electrons. The SMILES string of the molecule is O=C(NC1CCCCC1)[C@@H](c1ccccc1)N(C(=O)Cc1ccsc1)c1cccc2ccccc12. The quantitative estimate of drug-likeness (QED) is 0.320. The summed E-state index contributed by atoms with van der Waals surface area (Å²) in [5.74, 6) is -0.206. The summed E-state index contributed by atoms with van der Waals surface area (Å²) in [6.07, 6.45) is 5.70. The van der Waals surface area contributed by atoms with Crippen LogP contribution in [0.3, 0.4) is 0 Å². The van der Waals surface area contributed by atoms with Crippen molar-refractivity contribution in [2.24, 2.45) is 0 Å². The van der Waals surface area contributed by atoms with Gasteiger partial charge in [0.15, 0.2) is 0 Å². The van der Waals surface area contributed by atoms with Gasteiger partial charge >= 0.3 is 0 Å². The molecule has 0 aliphatic heterocycles. The Balaban J connectivity index is 1.61. The average molecular weight is 483 g/mol. The van der Waals surface area contributed by atoms with E-state index in [2.05, 4.69) is 5.32 Å². The van der Waals surface area contributed by atoms with E-state index in [0.29, 0.717) is 0 Å². The zero-order valence-electron chi connectivity index (χ0n) is 19.7. The number of nitrogens with zero attached hydrogens (tertiary/aromatic N) is 1. The van der Waals surface area contributed by atoms with Crippen LogP contribution in [0.5, 0.6) is 0 Å². The number of hydrogen-bond donors (Lipinski definition) is 1. The van der Waals surface area contributed by atoms with Crippen molar-refractivity contribution >= 4 is 39.6 Å². The zero-order valence-corrected chi connectivity index (χ0v) is 20.5. The monoisotopic (exact) mass is 482 g/mol. The fraction of sp³-hybridized carbons (Fsp3) is 0.267. The fourth-order valence-electron chi connectivity index (χ4n) is 5.07. The molecule has 0 saturated heterocycles. The minimum absolute atomic E-state index is 0.0904. The molecule has 4 nitrogen and oxygen atoms in total. The molecule has 1 atom stereocenters. The van der Waals surface area contributed by atoms with Crippen molar-refractivity contribution in [3.8, 4) is 0 Å². The molecule has 0 bridgehead atoms. The summed E-state index contributed by atoms with van der Waals surface area (Å²) in [5, 5.41) is 9.28. The van der Waals surface area contributed by atoms with E-state index in [1.807, 2.05) is 89.6 Å². The predicted octanol–water partition coefficient (Wildman–Crippen LogP) is 6.67. The molecule has 5 heteroatoms. The summed E-state index contributed by atoms with van der Waals surface area (Å²) < 4.78 is 0. The molecule has 0 spiro atoms. The van der Waals surface area contributed by atoms with Crippen LogP contribution in [0.2, 0.25) is 0 Å². The van der Waals surface area contributed by atoms with Crippen LogP contribution >= 0.6 is 11.3 Å². The van der Waals surface area contributed by atoms with E-state index in [9.17, 15) is 9.59 Å². The van der Waals surface area contributed by atoms with Gasteiger partial charge in [-0.1, -0.05) is 86.0 Å². The maximum atomic E-state index is 14.0. The Morgan fingerprint density at radius 3 is 2.40 bits per heavy atom. The van der Waals surface area contributed by atoms with Gasteiger partial charge in [0.2, 0.25) is 11.8 Å². The molecule has 0 radical (unpaired) electrons. The van der Waals surface area contributed by atoms with Gasteiger partial charge in [-0.05, 0) is 52.2 Å². The number of anilines is 1. The molecule has 1 aliphatic carbocycles. The summed E-state index contributed by atoms with van der Waals surface area (Å²) in [6.45, 7) is 0. The van der Waals surface area contributed by atoms with Crippen LogP contribution in [0, 0.1) is 0 Å². The van der Waals surface area contributed by atoms with Gasteiger partial charge in [-0.2, -0.15) is 11.3 Å². The smallest absolute Gasteiger partial charge is 0.248 e. The third kappa shape index (κ3) is 5.30. The summed E-state index contributed by atoms with van der Waals surface area (Å²) >= 11 is 1.58. The Morgan fingerprint density at radius 2 is 1.63 bits per heavy atom. The van der Waals surface area contributed by atoms with E-state index in [1.54, 1.807) is 16.2 Å². The van der Waals surface area contributed by atoms with Crippen molar-refractivity contribution in [3.63, 3.8) is 0 Å². The maximum absolute atomic E-state index is 14.0. The first-order valence-corrected chi connectivity index (χ1v) is 13.3. The van der Waals surface area contributed by atoms with E-state index in [4.69, 9.17) is 0 Å². The predicted molar refractivity (Wildman–Crippen MR) is 144 cm³/mol. The van der Waals surface area contributed by atoms with Gasteiger partial charge in [0.1, 0.15) is 6.04 Å². The second-order valence-electron chi connectivity index (χ2n) is 9.23. The van der Waals surface area contributed by atoms with E-state index < -0.39 is 6.04 Å². The molecule has 4 aromatic rings. The van der Waals surface area contributed by atoms with Crippen molar-refractivity contribution in [1.29, 1.82) is 0 Å². The third-order valence-corrected chi connectivity index (χ3v) is 7.54. The molecule has 1 heterocycles. The van der Waals surface area contributed by atoms with Crippen LogP contribution in [0.25, 0.3) is 10.8 Å². The Bertz CT molecular complexity index is 1270. The number of thiophene rings is 1. The molecule has 1 fully saturated rings. The number of amides is 2. The van der Waals surface area contributed by atoms with Gasteiger partial charge in [-0.15, -0.1) is 0 Å². The lowest BCUT2D eigenvalue weighted by Crippen LogP contribution is -2.47. The van der Waals surface area contributed by atoms with Crippen LogP contribution in [-0.2, 0) is 16.0 Å². The second-order valence-corrected chi connectivity index (χ2v) is 10.0. The standard InChI is InChI=1S/C30H30N2O2S/c33-28(20-22-18-19-35-21-22)32(27-17-9-13-23-10-7-8-16-26(23)27)29(24-11-3-1-4-12-24)30(34)31-25-14-5-2-6-15-25/h1,3-4,7-13,16-19,21,25,29H,2,5-6,14-15,20H2,(H,31,34)/t29-/m1/s1. The highest BCUT2D eigenvalue weighted by Crippen LogP contribution is 2.35. The maximum Gasteiger partial charge on any atom is 0.248 e. The second kappa shape index (κ2) is 10.9. The third-order valence-electron chi connectivity index (χ3n) is 6.80. The summed E-state index contributed by atoms with van der Waals surface area (Å²) in [6, 6.07) is 25.1. The van der Waals surface area contributed by atoms with Crippen molar-refractivity contribution in [3.05, 3.63) is 101 Å². The Kier molecular flexibility index (Phi) is 7.24. The van der Waals surface area contributed by atoms with Crippen molar-refractivity contribution in [2.75, 3.05) is 4.90 Å². The molecular weight excluding hydrogens is 452 g/mol. The van der Waals surface area contributed by atoms with Crippen LogP contribution < -0.4 is 10.2 Å². The molecule has 1 aromatic heterocycles. The molecule has 0 unspecified atom stereocenters. The number of nitrogens with one attached hydrogen (secondary N) is 1. The molecular formula is C30H30N2O2S. The van der Waals surface area contributed by atoms with Crippen LogP contribution in [0.1, 0.15) is 49.3 Å². The Hall–Kier alpha value is -3.44. The Morgan fingerprint density at radius 1 is 0.886 bits per heavy atom. The normalized spacial score (nSPS) is 15.0. The first-order chi connectivity index (χ1) is 17.2. The van der Waals surface area contributed by atoms with Crippen LogP contribution in [0.4, 0.5) is 5.69 Å². The number of carbonyl (C=O) groups is 2. The first-order valence-electron chi connectivity index (χ1n) is 12.4. The zero-order chi connectivity index (χ0) is 24.0. The summed E-state index contributed by atoms with van der Waals surface area (Å²) in [4.78, 5) is 29.7. The molecule has 35 heavy (non-hydrogen) atoms. The summed E-state index contributed by atoms with van der Waals surface area (Å²) in [7, 11) is 0. The fourth-order valence-corrected chi connectivity index (χ4v) is 5.74. The van der Waals surface area contributed by atoms with Gasteiger partial charge in [0.05, 0.1) is 12.1 Å². The lowest BCUT2D eigenvalue weighted by molar-refractivity contribution is -0.127. The largest absolute Gasteiger partial charge is 0.351 e. The number of fused-ring (bicyclic) bond motifs is 1. The summed E-state index contributed by atoms with van der Waals surface area (Å²) in [5.41, 5.74) is 2.54. The Labute approximate surface area is 210 Å². The molecule has 5 rings (SSSR count). The van der Waals surface area contributed by atoms with E-state index in [-0.39, 0.29) is 24.3 Å². The van der Waals surface area contributed by atoms with Gasteiger partial charge in [-0.3, -0.25) is 14.5 Å². The number of hydrogen-bond acceptors (Lipinski definition) is 3.